The summed E-state index contributed by atoms with van der Waals surface area (Å²) in [5.41, 5.74) is 6.12. The maximum Gasteiger partial charge on any atom is 0.335 e. The highest BCUT2D eigenvalue weighted by Gasteiger charge is 2.36. The lowest BCUT2D eigenvalue weighted by Crippen LogP contribution is -2.49. The standard InChI is InChI=1S/C23H22BrN5O6S/c1-13-20(21(25)30)15-11-14(23(32)33)8-9-16(15)28(13)12-36(34,35)29-10-3-2-5-17(29)22(31)27-19-7-4-6-18(24)26-19/h2-4,6-9,11,17H,5,10,12H2,1H3,(H2,25,30)(H,32,33)(H,26,27,31). The lowest BCUT2D eigenvalue weighted by molar-refractivity contribution is -0.119. The van der Waals surface area contributed by atoms with E-state index in [1.165, 1.54) is 29.7 Å². The van der Waals surface area contributed by atoms with Crippen molar-refractivity contribution in [3.63, 3.8) is 0 Å². The largest absolute Gasteiger partial charge is 0.478 e. The molecule has 1 aliphatic heterocycles. The van der Waals surface area contributed by atoms with E-state index in [1.54, 1.807) is 30.4 Å². The first kappa shape index (κ1) is 25.5. The molecule has 0 saturated heterocycles. The molecule has 0 radical (unpaired) electrons. The topological polar surface area (TPSA) is 165 Å². The van der Waals surface area contributed by atoms with Gasteiger partial charge in [0.2, 0.25) is 15.9 Å². The molecule has 1 unspecified atom stereocenters. The van der Waals surface area contributed by atoms with Gasteiger partial charge in [-0.1, -0.05) is 18.2 Å². The maximum atomic E-state index is 13.6. The second-order valence-corrected chi connectivity index (χ2v) is 10.9. The van der Waals surface area contributed by atoms with Crippen molar-refractivity contribution in [2.24, 2.45) is 5.73 Å². The summed E-state index contributed by atoms with van der Waals surface area (Å²) in [6.07, 6.45) is 3.56. The molecule has 0 spiro atoms. The third-order valence-electron chi connectivity index (χ3n) is 5.89. The van der Waals surface area contributed by atoms with Gasteiger partial charge in [-0.25, -0.2) is 18.2 Å². The summed E-state index contributed by atoms with van der Waals surface area (Å²) >= 11 is 3.23. The number of pyridine rings is 1. The zero-order valence-electron chi connectivity index (χ0n) is 19.0. The molecule has 0 bridgehead atoms. The fraction of sp³-hybridized carbons (Fsp3) is 0.217. The highest BCUT2D eigenvalue weighted by atomic mass is 79.9. The van der Waals surface area contributed by atoms with Crippen molar-refractivity contribution in [2.75, 3.05) is 11.9 Å². The molecule has 13 heteroatoms. The quantitative estimate of drug-likeness (QED) is 0.287. The van der Waals surface area contributed by atoms with Gasteiger partial charge in [0.05, 0.1) is 16.6 Å². The zero-order chi connectivity index (χ0) is 26.2. The van der Waals surface area contributed by atoms with Crippen molar-refractivity contribution < 1.29 is 27.9 Å². The van der Waals surface area contributed by atoms with Gasteiger partial charge in [0, 0.05) is 17.6 Å². The number of amides is 2. The van der Waals surface area contributed by atoms with Gasteiger partial charge in [-0.2, -0.15) is 4.31 Å². The van der Waals surface area contributed by atoms with Crippen LogP contribution in [0.25, 0.3) is 10.9 Å². The molecule has 188 valence electrons. The van der Waals surface area contributed by atoms with E-state index in [0.717, 1.165) is 4.31 Å². The van der Waals surface area contributed by atoms with Gasteiger partial charge in [0.1, 0.15) is 22.3 Å². The number of fused-ring (bicyclic) bond motifs is 1. The Balaban J connectivity index is 1.70. The van der Waals surface area contributed by atoms with Gasteiger partial charge in [0.25, 0.3) is 5.91 Å². The van der Waals surface area contributed by atoms with Crippen LogP contribution in [0.15, 0.2) is 53.2 Å². The van der Waals surface area contributed by atoms with Gasteiger partial charge >= 0.3 is 5.97 Å². The SMILES string of the molecule is Cc1c(C(N)=O)c2cc(C(=O)O)ccc2n1CS(=O)(=O)N1CC=CCC1C(=O)Nc1cccc(Br)n1. The summed E-state index contributed by atoms with van der Waals surface area (Å²) in [5, 5.41) is 12.2. The number of carboxylic acid groups (broad SMARTS) is 1. The number of anilines is 1. The molecule has 36 heavy (non-hydrogen) atoms. The normalized spacial score (nSPS) is 16.2. The van der Waals surface area contributed by atoms with E-state index >= 15 is 0 Å². The fourth-order valence-electron chi connectivity index (χ4n) is 4.21. The van der Waals surface area contributed by atoms with Crippen LogP contribution in [-0.2, 0) is 20.7 Å². The first-order chi connectivity index (χ1) is 17.0. The Kier molecular flexibility index (Phi) is 6.98. The van der Waals surface area contributed by atoms with Crippen molar-refractivity contribution in [3.8, 4) is 0 Å². The zero-order valence-corrected chi connectivity index (χ0v) is 21.4. The number of nitrogens with zero attached hydrogens (tertiary/aromatic N) is 3. The number of carbonyl (C=O) groups is 3. The average molecular weight is 576 g/mol. The summed E-state index contributed by atoms with van der Waals surface area (Å²) in [7, 11) is -4.10. The lowest BCUT2D eigenvalue weighted by Gasteiger charge is -2.31. The van der Waals surface area contributed by atoms with Crippen molar-refractivity contribution in [3.05, 3.63) is 70.0 Å². The van der Waals surface area contributed by atoms with Crippen molar-refractivity contribution in [2.45, 2.75) is 25.3 Å². The molecule has 3 heterocycles. The Bertz CT molecular complexity index is 1530. The van der Waals surface area contributed by atoms with Gasteiger partial charge in [-0.15, -0.1) is 0 Å². The molecule has 0 saturated carbocycles. The van der Waals surface area contributed by atoms with Crippen LogP contribution in [0.5, 0.6) is 0 Å². The predicted molar refractivity (Wildman–Crippen MR) is 136 cm³/mol. The van der Waals surface area contributed by atoms with E-state index in [-0.39, 0.29) is 41.0 Å². The Hall–Kier alpha value is -3.55. The van der Waals surface area contributed by atoms with Crippen LogP contribution in [0.3, 0.4) is 0 Å². The highest BCUT2D eigenvalue weighted by molar-refractivity contribution is 9.10. The van der Waals surface area contributed by atoms with E-state index in [0.29, 0.717) is 10.1 Å². The molecule has 3 aromatic rings. The summed E-state index contributed by atoms with van der Waals surface area (Å²) in [6.45, 7) is 1.52. The van der Waals surface area contributed by atoms with E-state index < -0.39 is 39.7 Å². The van der Waals surface area contributed by atoms with Crippen LogP contribution in [0.2, 0.25) is 0 Å². The third kappa shape index (κ3) is 4.90. The molecule has 2 aromatic heterocycles. The number of carboxylic acids is 1. The lowest BCUT2D eigenvalue weighted by atomic mass is 10.1. The summed E-state index contributed by atoms with van der Waals surface area (Å²) in [5.74, 6) is -2.85. The number of benzene rings is 1. The number of aromatic carboxylic acids is 1. The molecule has 4 N–H and O–H groups in total. The monoisotopic (exact) mass is 575 g/mol. The number of hydrogen-bond donors (Lipinski definition) is 3. The van der Waals surface area contributed by atoms with Crippen LogP contribution < -0.4 is 11.1 Å². The molecule has 1 aromatic carbocycles. The number of rotatable bonds is 7. The van der Waals surface area contributed by atoms with Gasteiger partial charge in [0.15, 0.2) is 0 Å². The van der Waals surface area contributed by atoms with Crippen LogP contribution in [0, 0.1) is 6.92 Å². The molecule has 2 amide bonds. The minimum atomic E-state index is -4.10. The smallest absolute Gasteiger partial charge is 0.335 e. The Morgan fingerprint density at radius 1 is 1.22 bits per heavy atom. The molecule has 4 rings (SSSR count). The molecule has 1 atom stereocenters. The summed E-state index contributed by atoms with van der Waals surface area (Å²) in [6, 6.07) is 8.01. The van der Waals surface area contributed by atoms with Crippen molar-refractivity contribution in [1.29, 1.82) is 0 Å². The van der Waals surface area contributed by atoms with Crippen LogP contribution in [0.1, 0.15) is 32.8 Å². The first-order valence-corrected chi connectivity index (χ1v) is 13.1. The highest BCUT2D eigenvalue weighted by Crippen LogP contribution is 2.29. The molecule has 1 aliphatic rings. The summed E-state index contributed by atoms with van der Waals surface area (Å²) in [4.78, 5) is 40.8. The number of halogens is 1. The average Bonchev–Trinajstić information content (AvgIpc) is 3.09. The fourth-order valence-corrected chi connectivity index (χ4v) is 6.24. The van der Waals surface area contributed by atoms with E-state index in [4.69, 9.17) is 5.73 Å². The van der Waals surface area contributed by atoms with Crippen LogP contribution >= 0.6 is 15.9 Å². The summed E-state index contributed by atoms with van der Waals surface area (Å²) < 4.78 is 30.2. The third-order valence-corrected chi connectivity index (χ3v) is 8.04. The van der Waals surface area contributed by atoms with Gasteiger partial charge in [-0.05, 0) is 59.6 Å². The predicted octanol–water partition coefficient (Wildman–Crippen LogP) is 2.46. The Labute approximate surface area is 214 Å². The molecule has 0 aliphatic carbocycles. The molecule has 0 fully saturated rings. The molecule has 11 nitrogen and oxygen atoms in total. The Morgan fingerprint density at radius 2 is 1.97 bits per heavy atom. The second-order valence-electron chi connectivity index (χ2n) is 8.16. The number of hydrogen-bond acceptors (Lipinski definition) is 6. The van der Waals surface area contributed by atoms with E-state index in [9.17, 15) is 27.9 Å². The Morgan fingerprint density at radius 3 is 2.64 bits per heavy atom. The van der Waals surface area contributed by atoms with Gasteiger partial charge < -0.3 is 20.7 Å². The number of sulfonamides is 1. The molecular formula is C23H22BrN5O6S. The minimum Gasteiger partial charge on any atom is -0.478 e. The minimum absolute atomic E-state index is 0.0174. The van der Waals surface area contributed by atoms with E-state index in [2.05, 4.69) is 26.2 Å². The number of nitrogens with two attached hydrogens (primary N) is 1. The van der Waals surface area contributed by atoms with Crippen LogP contribution in [0.4, 0.5) is 5.82 Å². The number of primary amides is 1. The first-order valence-electron chi connectivity index (χ1n) is 10.7. The van der Waals surface area contributed by atoms with Gasteiger partial charge in [-0.3, -0.25) is 9.59 Å². The van der Waals surface area contributed by atoms with Crippen molar-refractivity contribution in [1.82, 2.24) is 13.9 Å². The van der Waals surface area contributed by atoms with Crippen LogP contribution in [-0.4, -0.2) is 57.8 Å². The number of aromatic nitrogens is 2. The maximum absolute atomic E-state index is 13.6. The van der Waals surface area contributed by atoms with Crippen molar-refractivity contribution >= 4 is 60.5 Å². The molecular weight excluding hydrogens is 554 g/mol. The second kappa shape index (κ2) is 9.84. The number of carbonyl (C=O) groups excluding carboxylic acids is 2. The van der Waals surface area contributed by atoms with E-state index in [1.807, 2.05) is 0 Å². The number of nitrogens with one attached hydrogen (secondary N) is 1.